The molecule has 2 N–H and O–H groups in total. The molecular formula is C22H24FN3O4S2. The number of sulfone groups is 1. The molecule has 0 spiro atoms. The van der Waals surface area contributed by atoms with Gasteiger partial charge in [-0.25, -0.2) is 12.8 Å². The van der Waals surface area contributed by atoms with Gasteiger partial charge in [0, 0.05) is 35.3 Å². The van der Waals surface area contributed by atoms with Gasteiger partial charge in [0.1, 0.15) is 22.2 Å². The van der Waals surface area contributed by atoms with Crippen molar-refractivity contribution in [2.24, 2.45) is 0 Å². The van der Waals surface area contributed by atoms with Crippen molar-refractivity contribution in [3.8, 4) is 5.75 Å². The Hall–Kier alpha value is -2.72. The van der Waals surface area contributed by atoms with E-state index in [4.69, 9.17) is 4.74 Å². The van der Waals surface area contributed by atoms with Gasteiger partial charge >= 0.3 is 0 Å². The van der Waals surface area contributed by atoms with Gasteiger partial charge in [0.25, 0.3) is 5.91 Å². The standard InChI is InChI=1S/C22H24FN3O4S2/c1-4-32(28,29)22(18-6-5-10-24-18,20(27)26-19-9-11-25-31-19)16-13-21(2,3)30-17-8-7-14(23)12-15(16)17/h5-12,16,24H,4,13H2,1-3H3,(H,26,27). The third-order valence-electron chi connectivity index (χ3n) is 5.80. The minimum Gasteiger partial charge on any atom is -0.488 e. The lowest BCUT2D eigenvalue weighted by Gasteiger charge is -2.45. The molecule has 1 aliphatic rings. The Morgan fingerprint density at radius 2 is 2.16 bits per heavy atom. The minimum atomic E-state index is -4.09. The van der Waals surface area contributed by atoms with Crippen LogP contribution in [0.5, 0.6) is 5.75 Å². The van der Waals surface area contributed by atoms with Crippen LogP contribution in [0.15, 0.2) is 48.8 Å². The van der Waals surface area contributed by atoms with E-state index < -0.39 is 37.8 Å². The number of amides is 1. The van der Waals surface area contributed by atoms with Crippen molar-refractivity contribution in [1.82, 2.24) is 9.36 Å². The summed E-state index contributed by atoms with van der Waals surface area (Å²) < 4.78 is 50.1. The number of halogens is 1. The molecule has 1 amide bonds. The van der Waals surface area contributed by atoms with Crippen molar-refractivity contribution in [3.63, 3.8) is 0 Å². The SMILES string of the molecule is CCS(=O)(=O)C(C(=O)Nc1ccns1)(c1ccc[nH]1)C1CC(C)(C)Oc2ccc(F)cc21. The first kappa shape index (κ1) is 22.5. The van der Waals surface area contributed by atoms with E-state index in [9.17, 15) is 17.6 Å². The number of aromatic nitrogens is 2. The Labute approximate surface area is 190 Å². The molecule has 0 saturated heterocycles. The molecule has 0 radical (unpaired) electrons. The number of carbonyl (C=O) groups excluding carboxylic acids is 1. The van der Waals surface area contributed by atoms with Crippen molar-refractivity contribution in [2.45, 2.75) is 43.5 Å². The van der Waals surface area contributed by atoms with E-state index in [-0.39, 0.29) is 17.9 Å². The fourth-order valence-electron chi connectivity index (χ4n) is 4.46. The predicted molar refractivity (Wildman–Crippen MR) is 121 cm³/mol. The Balaban J connectivity index is 2.04. The molecule has 0 bridgehead atoms. The van der Waals surface area contributed by atoms with Crippen molar-refractivity contribution in [3.05, 3.63) is 65.9 Å². The summed E-state index contributed by atoms with van der Waals surface area (Å²) in [5.41, 5.74) is -0.226. The second-order valence-electron chi connectivity index (χ2n) is 8.35. The number of hydrogen-bond donors (Lipinski definition) is 2. The highest BCUT2D eigenvalue weighted by Crippen LogP contribution is 2.53. The van der Waals surface area contributed by atoms with Gasteiger partial charge in [0.15, 0.2) is 14.6 Å². The number of ether oxygens (including phenoxy) is 1. The van der Waals surface area contributed by atoms with E-state index in [1.807, 2.05) is 13.8 Å². The van der Waals surface area contributed by atoms with Crippen molar-refractivity contribution in [1.29, 1.82) is 0 Å². The molecule has 10 heteroatoms. The maximum Gasteiger partial charge on any atom is 0.253 e. The average Bonchev–Trinajstić information content (AvgIpc) is 3.43. The van der Waals surface area contributed by atoms with Crippen LogP contribution in [-0.2, 0) is 19.4 Å². The van der Waals surface area contributed by atoms with Crippen LogP contribution in [0, 0.1) is 5.82 Å². The summed E-state index contributed by atoms with van der Waals surface area (Å²) in [6.07, 6.45) is 3.27. The topological polar surface area (TPSA) is 101 Å². The van der Waals surface area contributed by atoms with Crippen LogP contribution in [0.1, 0.15) is 44.4 Å². The van der Waals surface area contributed by atoms with Crippen LogP contribution in [0.2, 0.25) is 0 Å². The molecule has 0 aliphatic carbocycles. The van der Waals surface area contributed by atoms with Crippen LogP contribution in [-0.4, -0.2) is 35.0 Å². The summed E-state index contributed by atoms with van der Waals surface area (Å²) in [4.78, 5) is 16.9. The van der Waals surface area contributed by atoms with Gasteiger partial charge in [-0.3, -0.25) is 4.79 Å². The molecule has 4 rings (SSSR count). The molecule has 0 saturated carbocycles. The molecule has 0 fully saturated rings. The molecule has 3 heterocycles. The lowest BCUT2D eigenvalue weighted by atomic mass is 9.74. The largest absolute Gasteiger partial charge is 0.488 e. The molecule has 2 unspecified atom stereocenters. The van der Waals surface area contributed by atoms with Gasteiger partial charge in [-0.1, -0.05) is 6.92 Å². The minimum absolute atomic E-state index is 0.178. The summed E-state index contributed by atoms with van der Waals surface area (Å²) in [6.45, 7) is 5.15. The third-order valence-corrected chi connectivity index (χ3v) is 8.89. The maximum atomic E-state index is 14.4. The molecule has 1 aromatic carbocycles. The van der Waals surface area contributed by atoms with Gasteiger partial charge in [-0.05, 0) is 68.2 Å². The second-order valence-corrected chi connectivity index (χ2v) is 11.6. The van der Waals surface area contributed by atoms with Gasteiger partial charge in [0.2, 0.25) is 0 Å². The zero-order valence-electron chi connectivity index (χ0n) is 17.9. The lowest BCUT2D eigenvalue weighted by molar-refractivity contribution is -0.120. The lowest BCUT2D eigenvalue weighted by Crippen LogP contribution is -2.55. The highest BCUT2D eigenvalue weighted by Gasteiger charge is 2.61. The molecule has 7 nitrogen and oxygen atoms in total. The molecular weight excluding hydrogens is 453 g/mol. The molecule has 32 heavy (non-hydrogen) atoms. The number of benzene rings is 1. The van der Waals surface area contributed by atoms with Crippen molar-refractivity contribution < 1.29 is 22.3 Å². The summed E-state index contributed by atoms with van der Waals surface area (Å²) in [5.74, 6) is -2.09. The normalized spacial score (nSPS) is 19.4. The van der Waals surface area contributed by atoms with Crippen LogP contribution in [0.3, 0.4) is 0 Å². The highest BCUT2D eigenvalue weighted by molar-refractivity contribution is 7.93. The average molecular weight is 478 g/mol. The fraction of sp³-hybridized carbons (Fsp3) is 0.364. The summed E-state index contributed by atoms with van der Waals surface area (Å²) in [6, 6.07) is 8.84. The third kappa shape index (κ3) is 3.61. The number of rotatable bonds is 6. The molecule has 1 aliphatic heterocycles. The van der Waals surface area contributed by atoms with E-state index >= 15 is 0 Å². The quantitative estimate of drug-likeness (QED) is 0.554. The Morgan fingerprint density at radius 1 is 1.38 bits per heavy atom. The van der Waals surface area contributed by atoms with E-state index in [2.05, 4.69) is 14.7 Å². The molecule has 3 aromatic rings. The highest BCUT2D eigenvalue weighted by atomic mass is 32.2. The van der Waals surface area contributed by atoms with E-state index in [1.54, 1.807) is 24.4 Å². The Bertz CT molecular complexity index is 1220. The van der Waals surface area contributed by atoms with E-state index in [1.165, 1.54) is 31.3 Å². The summed E-state index contributed by atoms with van der Waals surface area (Å²) in [7, 11) is -4.09. The monoisotopic (exact) mass is 477 g/mol. The van der Waals surface area contributed by atoms with Crippen molar-refractivity contribution in [2.75, 3.05) is 11.1 Å². The summed E-state index contributed by atoms with van der Waals surface area (Å²) >= 11 is 1.05. The first-order valence-electron chi connectivity index (χ1n) is 10.2. The second kappa shape index (κ2) is 8.00. The number of hydrogen-bond acceptors (Lipinski definition) is 6. The number of H-pyrrole nitrogens is 1. The first-order chi connectivity index (χ1) is 15.1. The smallest absolute Gasteiger partial charge is 0.253 e. The predicted octanol–water partition coefficient (Wildman–Crippen LogP) is 4.22. The number of nitrogens with one attached hydrogen (secondary N) is 2. The van der Waals surface area contributed by atoms with Gasteiger partial charge in [-0.15, -0.1) is 0 Å². The number of carbonyl (C=O) groups is 1. The zero-order valence-corrected chi connectivity index (χ0v) is 19.5. The Kier molecular flexibility index (Phi) is 5.62. The molecule has 2 aromatic heterocycles. The molecule has 170 valence electrons. The van der Waals surface area contributed by atoms with Gasteiger partial charge in [-0.2, -0.15) is 4.37 Å². The van der Waals surface area contributed by atoms with Crippen LogP contribution < -0.4 is 10.1 Å². The maximum absolute atomic E-state index is 14.4. The van der Waals surface area contributed by atoms with Gasteiger partial charge in [0.05, 0.1) is 0 Å². The molecule has 2 atom stereocenters. The fourth-order valence-corrected chi connectivity index (χ4v) is 6.85. The van der Waals surface area contributed by atoms with E-state index in [0.29, 0.717) is 16.3 Å². The van der Waals surface area contributed by atoms with Gasteiger partial charge < -0.3 is 15.0 Å². The summed E-state index contributed by atoms with van der Waals surface area (Å²) in [5, 5.41) is 3.16. The number of anilines is 1. The zero-order chi connectivity index (χ0) is 23.1. The van der Waals surface area contributed by atoms with Crippen LogP contribution in [0.25, 0.3) is 0 Å². The Morgan fingerprint density at radius 3 is 2.78 bits per heavy atom. The van der Waals surface area contributed by atoms with E-state index in [0.717, 1.165) is 11.5 Å². The number of nitrogens with zero attached hydrogens (tertiary/aromatic N) is 1. The van der Waals surface area contributed by atoms with Crippen molar-refractivity contribution >= 4 is 32.3 Å². The number of fused-ring (bicyclic) bond motifs is 1. The first-order valence-corrected chi connectivity index (χ1v) is 12.6. The van der Waals surface area contributed by atoms with Crippen LogP contribution in [0.4, 0.5) is 9.39 Å². The van der Waals surface area contributed by atoms with Crippen LogP contribution >= 0.6 is 11.5 Å². The number of aromatic amines is 1.